The lowest BCUT2D eigenvalue weighted by Crippen LogP contribution is -2.24. The predicted octanol–water partition coefficient (Wildman–Crippen LogP) is 0.610. The summed E-state index contributed by atoms with van der Waals surface area (Å²) in [6.07, 6.45) is 3.50. The van der Waals surface area contributed by atoms with E-state index in [2.05, 4.69) is 13.2 Å². The molecule has 0 unspecified atom stereocenters. The van der Waals surface area contributed by atoms with E-state index in [1.807, 2.05) is 0 Å². The van der Waals surface area contributed by atoms with Crippen LogP contribution in [-0.2, 0) is 0 Å². The Morgan fingerprint density at radius 1 is 1.22 bits per heavy atom. The molecular weight excluding hydrogens is 114 g/mol. The maximum absolute atomic E-state index is 8.62. The van der Waals surface area contributed by atoms with Crippen LogP contribution in [0.2, 0.25) is 0 Å². The summed E-state index contributed by atoms with van der Waals surface area (Å²) in [4.78, 5) is 1.81. The lowest BCUT2D eigenvalue weighted by molar-refractivity contribution is 0.130. The van der Waals surface area contributed by atoms with Gasteiger partial charge < -0.3 is 5.11 Å². The summed E-state index contributed by atoms with van der Waals surface area (Å²) in [5.41, 5.74) is 0. The van der Waals surface area contributed by atoms with Crippen molar-refractivity contribution in [1.29, 1.82) is 0 Å². The highest BCUT2D eigenvalue weighted by molar-refractivity contribution is 4.77. The van der Waals surface area contributed by atoms with E-state index in [1.54, 1.807) is 17.1 Å². The largest absolute Gasteiger partial charge is 0.381 e. The van der Waals surface area contributed by atoms with Gasteiger partial charge in [-0.25, -0.2) is 0 Å². The van der Waals surface area contributed by atoms with Crippen LogP contribution >= 0.6 is 0 Å². The number of hydrogen-bond donors (Lipinski definition) is 1. The number of aliphatic hydroxyl groups excluding tert-OH is 1. The zero-order valence-corrected chi connectivity index (χ0v) is 5.58. The standard InChI is InChI=1S/C7H13NO/c1-3-5-8(7-9)6-4-2/h3-4,9H,1-2,5-7H2. The first-order chi connectivity index (χ1) is 4.35. The van der Waals surface area contributed by atoms with E-state index in [0.29, 0.717) is 13.1 Å². The summed E-state index contributed by atoms with van der Waals surface area (Å²) in [5, 5.41) is 8.62. The highest BCUT2D eigenvalue weighted by Crippen LogP contribution is 1.84. The van der Waals surface area contributed by atoms with E-state index in [9.17, 15) is 0 Å². The second kappa shape index (κ2) is 5.54. The molecule has 0 fully saturated rings. The molecular formula is C7H13NO. The lowest BCUT2D eigenvalue weighted by atomic mass is 10.5. The Hall–Kier alpha value is -0.600. The molecule has 0 heterocycles. The van der Waals surface area contributed by atoms with Gasteiger partial charge in [0.1, 0.15) is 0 Å². The van der Waals surface area contributed by atoms with Crippen molar-refractivity contribution in [2.24, 2.45) is 0 Å². The van der Waals surface area contributed by atoms with E-state index in [4.69, 9.17) is 5.11 Å². The number of aliphatic hydroxyl groups is 1. The fourth-order valence-corrected chi connectivity index (χ4v) is 0.555. The average molecular weight is 127 g/mol. The van der Waals surface area contributed by atoms with Crippen molar-refractivity contribution < 1.29 is 5.11 Å². The normalized spacial score (nSPS) is 9.56. The molecule has 0 aromatic heterocycles. The molecule has 0 saturated carbocycles. The van der Waals surface area contributed by atoms with Crippen LogP contribution in [0.25, 0.3) is 0 Å². The highest BCUT2D eigenvalue weighted by atomic mass is 16.3. The molecule has 0 radical (unpaired) electrons. The molecule has 2 nitrogen and oxygen atoms in total. The third-order valence-electron chi connectivity index (χ3n) is 0.975. The Labute approximate surface area is 56.1 Å². The molecule has 0 aliphatic rings. The Bertz CT molecular complexity index is 80.9. The maximum atomic E-state index is 8.62. The molecule has 0 aromatic carbocycles. The Morgan fingerprint density at radius 2 is 1.67 bits per heavy atom. The van der Waals surface area contributed by atoms with Gasteiger partial charge >= 0.3 is 0 Å². The van der Waals surface area contributed by atoms with Gasteiger partial charge in [0.25, 0.3) is 0 Å². The monoisotopic (exact) mass is 127 g/mol. The number of hydrogen-bond acceptors (Lipinski definition) is 2. The molecule has 1 N–H and O–H groups in total. The third-order valence-corrected chi connectivity index (χ3v) is 0.975. The Balaban J connectivity index is 3.39. The SMILES string of the molecule is C=CCN(CO)CC=C. The minimum atomic E-state index is 0.0675. The fraction of sp³-hybridized carbons (Fsp3) is 0.429. The van der Waals surface area contributed by atoms with Gasteiger partial charge in [-0.3, -0.25) is 4.90 Å². The summed E-state index contributed by atoms with van der Waals surface area (Å²) >= 11 is 0. The van der Waals surface area contributed by atoms with Crippen molar-refractivity contribution in [2.75, 3.05) is 19.8 Å². The summed E-state index contributed by atoms with van der Waals surface area (Å²) in [6.45, 7) is 8.58. The maximum Gasteiger partial charge on any atom is 0.0961 e. The molecule has 0 bridgehead atoms. The summed E-state index contributed by atoms with van der Waals surface area (Å²) in [7, 11) is 0. The molecule has 0 aromatic rings. The third kappa shape index (κ3) is 3.94. The minimum absolute atomic E-state index is 0.0675. The van der Waals surface area contributed by atoms with E-state index in [0.717, 1.165) is 0 Å². The first-order valence-corrected chi connectivity index (χ1v) is 2.90. The smallest absolute Gasteiger partial charge is 0.0961 e. The van der Waals surface area contributed by atoms with Gasteiger partial charge in [0.05, 0.1) is 6.73 Å². The molecule has 0 aliphatic heterocycles. The van der Waals surface area contributed by atoms with Crippen molar-refractivity contribution in [2.45, 2.75) is 0 Å². The van der Waals surface area contributed by atoms with Crippen molar-refractivity contribution >= 4 is 0 Å². The van der Waals surface area contributed by atoms with Crippen molar-refractivity contribution in [3.8, 4) is 0 Å². The molecule has 0 saturated heterocycles. The van der Waals surface area contributed by atoms with Crippen LogP contribution in [0.4, 0.5) is 0 Å². The minimum Gasteiger partial charge on any atom is -0.381 e. The van der Waals surface area contributed by atoms with Crippen LogP contribution in [0.1, 0.15) is 0 Å². The van der Waals surface area contributed by atoms with Crippen LogP contribution in [0.5, 0.6) is 0 Å². The Kier molecular flexibility index (Phi) is 5.17. The zero-order chi connectivity index (χ0) is 7.11. The molecule has 2 heteroatoms. The second-order valence-electron chi connectivity index (χ2n) is 1.75. The predicted molar refractivity (Wildman–Crippen MR) is 39.1 cm³/mol. The molecule has 0 spiro atoms. The van der Waals surface area contributed by atoms with Gasteiger partial charge in [0.15, 0.2) is 0 Å². The summed E-state index contributed by atoms with van der Waals surface area (Å²) < 4.78 is 0. The lowest BCUT2D eigenvalue weighted by Gasteiger charge is -2.13. The zero-order valence-electron chi connectivity index (χ0n) is 5.58. The highest BCUT2D eigenvalue weighted by Gasteiger charge is 1.93. The van der Waals surface area contributed by atoms with Crippen LogP contribution in [-0.4, -0.2) is 29.8 Å². The average Bonchev–Trinajstić information content (AvgIpc) is 1.88. The topological polar surface area (TPSA) is 23.5 Å². The molecule has 0 amide bonds. The molecule has 0 rings (SSSR count). The number of rotatable bonds is 5. The van der Waals surface area contributed by atoms with E-state index >= 15 is 0 Å². The van der Waals surface area contributed by atoms with Crippen LogP contribution in [0, 0.1) is 0 Å². The van der Waals surface area contributed by atoms with Gasteiger partial charge in [-0.05, 0) is 0 Å². The molecule has 52 valence electrons. The van der Waals surface area contributed by atoms with E-state index in [1.165, 1.54) is 0 Å². The quantitative estimate of drug-likeness (QED) is 0.432. The van der Waals surface area contributed by atoms with Crippen LogP contribution in [0.3, 0.4) is 0 Å². The summed E-state index contributed by atoms with van der Waals surface area (Å²) in [5.74, 6) is 0. The van der Waals surface area contributed by atoms with Crippen molar-refractivity contribution in [3.05, 3.63) is 25.3 Å². The van der Waals surface area contributed by atoms with Crippen LogP contribution in [0.15, 0.2) is 25.3 Å². The van der Waals surface area contributed by atoms with Crippen LogP contribution < -0.4 is 0 Å². The summed E-state index contributed by atoms with van der Waals surface area (Å²) in [6, 6.07) is 0. The van der Waals surface area contributed by atoms with Crippen molar-refractivity contribution in [1.82, 2.24) is 4.90 Å². The van der Waals surface area contributed by atoms with Gasteiger partial charge in [0.2, 0.25) is 0 Å². The molecule has 0 atom stereocenters. The van der Waals surface area contributed by atoms with E-state index < -0.39 is 0 Å². The molecule has 0 aliphatic carbocycles. The Morgan fingerprint density at radius 3 is 1.89 bits per heavy atom. The van der Waals surface area contributed by atoms with Crippen molar-refractivity contribution in [3.63, 3.8) is 0 Å². The first-order valence-electron chi connectivity index (χ1n) is 2.90. The first kappa shape index (κ1) is 8.40. The fourth-order valence-electron chi connectivity index (χ4n) is 0.555. The van der Waals surface area contributed by atoms with Gasteiger partial charge in [0, 0.05) is 13.1 Å². The van der Waals surface area contributed by atoms with Gasteiger partial charge in [-0.2, -0.15) is 0 Å². The van der Waals surface area contributed by atoms with Gasteiger partial charge in [-0.15, -0.1) is 13.2 Å². The number of nitrogens with zero attached hydrogens (tertiary/aromatic N) is 1. The van der Waals surface area contributed by atoms with E-state index in [-0.39, 0.29) is 6.73 Å². The van der Waals surface area contributed by atoms with Gasteiger partial charge in [-0.1, -0.05) is 12.2 Å². The second-order valence-corrected chi connectivity index (χ2v) is 1.75. The molecule has 9 heavy (non-hydrogen) atoms.